The number of nitrogens with two attached hydrogens (primary N) is 1. The Bertz CT molecular complexity index is 1570. The van der Waals surface area contributed by atoms with E-state index in [1.54, 1.807) is 25.1 Å². The van der Waals surface area contributed by atoms with Gasteiger partial charge in [0, 0.05) is 43.4 Å². The molecule has 4 rings (SSSR count). The van der Waals surface area contributed by atoms with Crippen LogP contribution < -0.4 is 15.2 Å². The third kappa shape index (κ3) is 7.50. The molecule has 0 spiro atoms. The lowest BCUT2D eigenvalue weighted by Gasteiger charge is -2.32. The summed E-state index contributed by atoms with van der Waals surface area (Å²) in [7, 11) is -3.10. The smallest absolute Gasteiger partial charge is 0.421 e. The number of nitrogens with zero attached hydrogens (tertiary/aromatic N) is 2. The van der Waals surface area contributed by atoms with Crippen molar-refractivity contribution in [3.63, 3.8) is 0 Å². The number of methoxy groups -OCH3 is 1. The highest BCUT2D eigenvalue weighted by Crippen LogP contribution is 2.47. The normalized spacial score (nSPS) is 16.6. The number of ether oxygens (including phenoxy) is 3. The number of primary amides is 1. The van der Waals surface area contributed by atoms with E-state index >= 15 is 0 Å². The van der Waals surface area contributed by atoms with E-state index in [9.17, 15) is 26.4 Å². The Labute approximate surface area is 251 Å². The molecule has 0 saturated carbocycles. The summed E-state index contributed by atoms with van der Waals surface area (Å²) in [6.07, 6.45) is -4.89. The van der Waals surface area contributed by atoms with E-state index in [0.29, 0.717) is 30.0 Å². The Morgan fingerprint density at radius 2 is 1.88 bits per heavy atom. The van der Waals surface area contributed by atoms with Gasteiger partial charge in [0.25, 0.3) is 0 Å². The lowest BCUT2D eigenvalue weighted by atomic mass is 9.89. The summed E-state index contributed by atoms with van der Waals surface area (Å²) in [6, 6.07) is 12.0. The molecule has 0 bridgehead atoms. The minimum Gasteiger partial charge on any atom is -0.491 e. The molecule has 1 aliphatic carbocycles. The molecule has 2 unspecified atom stereocenters. The van der Waals surface area contributed by atoms with Crippen molar-refractivity contribution in [2.75, 3.05) is 26.9 Å². The van der Waals surface area contributed by atoms with E-state index in [1.807, 2.05) is 18.2 Å². The summed E-state index contributed by atoms with van der Waals surface area (Å²) in [4.78, 5) is 15.3. The van der Waals surface area contributed by atoms with Crippen LogP contribution in [-0.2, 0) is 31.8 Å². The number of rotatable bonds is 12. The predicted molar refractivity (Wildman–Crippen MR) is 150 cm³/mol. The van der Waals surface area contributed by atoms with Crippen molar-refractivity contribution < 1.29 is 44.8 Å². The molecule has 1 heterocycles. The van der Waals surface area contributed by atoms with Crippen LogP contribution in [0.4, 0.5) is 18.0 Å². The number of alkyl halides is 3. The van der Waals surface area contributed by atoms with Crippen molar-refractivity contribution >= 4 is 28.0 Å². The molecular weight excluding hydrogens is 615 g/mol. The van der Waals surface area contributed by atoms with Crippen LogP contribution in [0.5, 0.6) is 17.4 Å². The van der Waals surface area contributed by atoms with Gasteiger partial charge in [-0.25, -0.2) is 9.78 Å². The van der Waals surface area contributed by atoms with Crippen LogP contribution in [-0.4, -0.2) is 56.7 Å². The van der Waals surface area contributed by atoms with Crippen LogP contribution in [0.3, 0.4) is 0 Å². The van der Waals surface area contributed by atoms with E-state index in [1.165, 1.54) is 13.2 Å². The van der Waals surface area contributed by atoms with Gasteiger partial charge in [0.1, 0.15) is 23.1 Å². The highest BCUT2D eigenvalue weighted by atomic mass is 35.5. The molecule has 15 heteroatoms. The summed E-state index contributed by atoms with van der Waals surface area (Å²) in [6.45, 7) is 2.25. The van der Waals surface area contributed by atoms with Gasteiger partial charge >= 0.3 is 22.6 Å². The summed E-state index contributed by atoms with van der Waals surface area (Å²) < 4.78 is 88.5. The third-order valence-electron chi connectivity index (χ3n) is 6.71. The maximum absolute atomic E-state index is 13.2. The first-order chi connectivity index (χ1) is 20.4. The van der Waals surface area contributed by atoms with Crippen LogP contribution in [0.1, 0.15) is 41.5 Å². The second-order valence-electron chi connectivity index (χ2n) is 9.57. The molecule has 1 aromatic heterocycles. The molecule has 2 N–H and O–H groups in total. The number of hydrogen-bond acceptors (Lipinski definition) is 8. The van der Waals surface area contributed by atoms with Crippen molar-refractivity contribution in [1.82, 2.24) is 9.29 Å². The first-order valence-electron chi connectivity index (χ1n) is 13.1. The number of carbonyl (C=O) groups is 1. The number of aromatic nitrogens is 1. The quantitative estimate of drug-likeness (QED) is 0.250. The van der Waals surface area contributed by atoms with Crippen molar-refractivity contribution in [3.05, 3.63) is 82.0 Å². The van der Waals surface area contributed by atoms with Crippen LogP contribution in [0.15, 0.2) is 54.7 Å². The molecule has 0 saturated heterocycles. The Kier molecular flexibility index (Phi) is 10.1. The molecule has 2 aromatic carbocycles. The first-order valence-corrected chi connectivity index (χ1v) is 14.8. The zero-order valence-corrected chi connectivity index (χ0v) is 24.7. The van der Waals surface area contributed by atoms with Crippen LogP contribution in [0.25, 0.3) is 0 Å². The number of fused-ring (bicyclic) bond motifs is 1. The average molecular weight is 644 g/mol. The predicted octanol–water partition coefficient (Wildman–Crippen LogP) is 5.68. The molecule has 10 nitrogen and oxygen atoms in total. The Balaban J connectivity index is 1.85. The van der Waals surface area contributed by atoms with E-state index in [0.717, 1.165) is 15.4 Å². The van der Waals surface area contributed by atoms with E-state index < -0.39 is 40.1 Å². The molecule has 3 aromatic rings. The largest absolute Gasteiger partial charge is 0.491 e. The lowest BCUT2D eigenvalue weighted by molar-refractivity contribution is -0.137. The standard InChI is InChI=1S/C28H29ClF3N3O7S/c1-3-10-35(43(37,38)42-27(33)36)23-13-17-6-4-5-7-20(17)25(23)21-9-8-19(40-12-11-39-2)15-24(21)41-26-22(29)14-18(16-34-26)28(30,31)32/h4-9,14-16,23,25H,3,10-13H2,1-2H3,(H2,33,36). The summed E-state index contributed by atoms with van der Waals surface area (Å²) in [5.41, 5.74) is 6.08. The molecule has 43 heavy (non-hydrogen) atoms. The number of pyridine rings is 1. The Morgan fingerprint density at radius 1 is 1.14 bits per heavy atom. The van der Waals surface area contributed by atoms with Gasteiger partial charge in [-0.2, -0.15) is 25.9 Å². The van der Waals surface area contributed by atoms with Gasteiger partial charge in [0.2, 0.25) is 5.88 Å². The van der Waals surface area contributed by atoms with Gasteiger partial charge in [-0.3, -0.25) is 0 Å². The highest BCUT2D eigenvalue weighted by Gasteiger charge is 2.44. The fraction of sp³-hybridized carbons (Fsp3) is 0.357. The molecule has 0 radical (unpaired) electrons. The fourth-order valence-electron chi connectivity index (χ4n) is 4.98. The fourth-order valence-corrected chi connectivity index (χ4v) is 6.43. The van der Waals surface area contributed by atoms with E-state index in [-0.39, 0.29) is 42.8 Å². The molecule has 0 aliphatic heterocycles. The zero-order valence-electron chi connectivity index (χ0n) is 23.1. The molecule has 2 atom stereocenters. The zero-order chi connectivity index (χ0) is 31.4. The lowest BCUT2D eigenvalue weighted by Crippen LogP contribution is -2.45. The monoisotopic (exact) mass is 643 g/mol. The van der Waals surface area contributed by atoms with Crippen molar-refractivity contribution in [3.8, 4) is 17.4 Å². The van der Waals surface area contributed by atoms with Gasteiger partial charge in [-0.1, -0.05) is 48.9 Å². The van der Waals surface area contributed by atoms with E-state index in [2.05, 4.69) is 9.17 Å². The second kappa shape index (κ2) is 13.4. The van der Waals surface area contributed by atoms with Crippen LogP contribution in [0, 0.1) is 0 Å². The summed E-state index contributed by atoms with van der Waals surface area (Å²) >= 11 is 6.17. The number of amides is 1. The number of halogens is 4. The molecule has 232 valence electrons. The minimum atomic E-state index is -4.67. The number of hydrogen-bond donors (Lipinski definition) is 1. The maximum Gasteiger partial charge on any atom is 0.421 e. The Hall–Kier alpha value is -3.59. The van der Waals surface area contributed by atoms with Crippen molar-refractivity contribution in [1.29, 1.82) is 0 Å². The molecular formula is C28H29ClF3N3O7S. The number of carbonyl (C=O) groups excluding carboxylic acids is 1. The molecule has 0 fully saturated rings. The average Bonchev–Trinajstić information content (AvgIpc) is 3.30. The summed E-state index contributed by atoms with van der Waals surface area (Å²) in [5.74, 6) is -0.523. The van der Waals surface area contributed by atoms with Gasteiger partial charge in [0.05, 0.1) is 12.2 Å². The minimum absolute atomic E-state index is 0.00542. The van der Waals surface area contributed by atoms with Crippen LogP contribution in [0.2, 0.25) is 5.02 Å². The second-order valence-corrected chi connectivity index (χ2v) is 11.5. The number of benzene rings is 2. The Morgan fingerprint density at radius 3 is 2.53 bits per heavy atom. The maximum atomic E-state index is 13.2. The third-order valence-corrected chi connectivity index (χ3v) is 8.38. The molecule has 1 amide bonds. The SMILES string of the molecule is CCCN(C1Cc2ccccc2C1c1ccc(OCCOC)cc1Oc1ncc(C(F)(F)F)cc1Cl)S(=O)(=O)OC(N)=O. The van der Waals surface area contributed by atoms with Gasteiger partial charge < -0.3 is 24.1 Å². The van der Waals surface area contributed by atoms with Gasteiger partial charge in [-0.05, 0) is 36.1 Å². The summed E-state index contributed by atoms with van der Waals surface area (Å²) in [5, 5.41) is -0.389. The van der Waals surface area contributed by atoms with Gasteiger partial charge in [0.15, 0.2) is 0 Å². The molecule has 1 aliphatic rings. The first kappa shape index (κ1) is 32.3. The van der Waals surface area contributed by atoms with Gasteiger partial charge in [-0.15, -0.1) is 0 Å². The van der Waals surface area contributed by atoms with Crippen LogP contribution >= 0.6 is 11.6 Å². The van der Waals surface area contributed by atoms with Crippen molar-refractivity contribution in [2.45, 2.75) is 37.9 Å². The topological polar surface area (TPSA) is 130 Å². The highest BCUT2D eigenvalue weighted by molar-refractivity contribution is 7.84. The van der Waals surface area contributed by atoms with E-state index in [4.69, 9.17) is 31.5 Å². The van der Waals surface area contributed by atoms with Crippen molar-refractivity contribution in [2.24, 2.45) is 5.73 Å².